The van der Waals surface area contributed by atoms with Crippen molar-refractivity contribution in [2.24, 2.45) is 0 Å². The lowest BCUT2D eigenvalue weighted by atomic mass is 10.2. The van der Waals surface area contributed by atoms with Crippen LogP contribution >= 0.6 is 27.5 Å². The van der Waals surface area contributed by atoms with E-state index in [-0.39, 0.29) is 5.75 Å². The lowest BCUT2D eigenvalue weighted by Gasteiger charge is -2.06. The Hall–Kier alpha value is -0.350. The minimum atomic E-state index is -2.80. The summed E-state index contributed by atoms with van der Waals surface area (Å²) < 4.78 is 27.8. The average Bonchev–Trinajstić information content (AvgIpc) is 2.07. The van der Waals surface area contributed by atoms with Gasteiger partial charge in [0, 0.05) is 10.4 Å². The molecular weight excluding hydrogens is 265 g/mol. The Kier molecular flexibility index (Phi) is 3.93. The van der Waals surface area contributed by atoms with Crippen LogP contribution in [-0.4, -0.2) is 6.61 Å². The molecule has 1 aromatic carbocycles. The van der Waals surface area contributed by atoms with Crippen LogP contribution in [0.2, 0.25) is 5.02 Å². The lowest BCUT2D eigenvalue weighted by Crippen LogP contribution is -2.02. The van der Waals surface area contributed by atoms with Crippen molar-refractivity contribution in [1.82, 2.24) is 0 Å². The summed E-state index contributed by atoms with van der Waals surface area (Å²) in [5.41, 5.74) is 0.722. The van der Waals surface area contributed by atoms with Crippen LogP contribution in [0.1, 0.15) is 5.56 Å². The second kappa shape index (κ2) is 4.77. The molecule has 0 aliphatic carbocycles. The molecule has 0 aromatic heterocycles. The molecule has 72 valence electrons. The Morgan fingerprint density at radius 1 is 1.46 bits per heavy atom. The van der Waals surface area contributed by atoms with Gasteiger partial charge >= 0.3 is 6.61 Å². The molecule has 0 atom stereocenters. The van der Waals surface area contributed by atoms with Gasteiger partial charge in [0.05, 0.1) is 0 Å². The van der Waals surface area contributed by atoms with Gasteiger partial charge in [0.2, 0.25) is 0 Å². The highest BCUT2D eigenvalue weighted by Crippen LogP contribution is 2.24. The van der Waals surface area contributed by atoms with Crippen molar-refractivity contribution in [3.8, 4) is 5.75 Å². The van der Waals surface area contributed by atoms with Crippen molar-refractivity contribution < 1.29 is 13.5 Å². The fraction of sp³-hybridized carbons (Fsp3) is 0.250. The fourth-order valence-corrected chi connectivity index (χ4v) is 1.64. The Balaban J connectivity index is 2.86. The lowest BCUT2D eigenvalue weighted by molar-refractivity contribution is -0.0498. The number of halogens is 4. The number of ether oxygens (including phenoxy) is 1. The van der Waals surface area contributed by atoms with Gasteiger partial charge < -0.3 is 4.74 Å². The maximum atomic E-state index is 11.8. The third-order valence-electron chi connectivity index (χ3n) is 1.39. The summed E-state index contributed by atoms with van der Waals surface area (Å²) in [6.07, 6.45) is 0. The standard InChI is InChI=1S/C8H6BrClF2O/c9-4-5-3-6(13-8(11)12)1-2-7(5)10/h1-3,8H,4H2. The van der Waals surface area contributed by atoms with E-state index in [9.17, 15) is 8.78 Å². The molecule has 13 heavy (non-hydrogen) atoms. The summed E-state index contributed by atoms with van der Waals surface area (Å²) in [7, 11) is 0. The van der Waals surface area contributed by atoms with Gasteiger partial charge in [-0.15, -0.1) is 0 Å². The first-order chi connectivity index (χ1) is 6.13. The van der Waals surface area contributed by atoms with Crippen LogP contribution in [0.15, 0.2) is 18.2 Å². The first kappa shape index (κ1) is 10.7. The molecule has 1 aromatic rings. The van der Waals surface area contributed by atoms with E-state index in [1.165, 1.54) is 18.2 Å². The monoisotopic (exact) mass is 270 g/mol. The van der Waals surface area contributed by atoms with Gasteiger partial charge in [-0.2, -0.15) is 8.78 Å². The van der Waals surface area contributed by atoms with E-state index < -0.39 is 6.61 Å². The molecule has 0 bridgehead atoms. The summed E-state index contributed by atoms with van der Waals surface area (Å²) in [5, 5.41) is 1.03. The summed E-state index contributed by atoms with van der Waals surface area (Å²) in [6, 6.07) is 4.40. The Morgan fingerprint density at radius 2 is 2.15 bits per heavy atom. The largest absolute Gasteiger partial charge is 0.435 e. The van der Waals surface area contributed by atoms with Crippen molar-refractivity contribution in [3.05, 3.63) is 28.8 Å². The maximum absolute atomic E-state index is 11.8. The van der Waals surface area contributed by atoms with Crippen LogP contribution in [0.5, 0.6) is 5.75 Å². The Labute approximate surface area is 87.8 Å². The molecule has 0 aliphatic heterocycles. The van der Waals surface area contributed by atoms with Crippen LogP contribution < -0.4 is 4.74 Å². The molecule has 0 N–H and O–H groups in total. The molecule has 0 saturated heterocycles. The number of hydrogen-bond acceptors (Lipinski definition) is 1. The molecule has 0 saturated carbocycles. The fourth-order valence-electron chi connectivity index (χ4n) is 0.830. The van der Waals surface area contributed by atoms with E-state index >= 15 is 0 Å². The topological polar surface area (TPSA) is 9.23 Å². The summed E-state index contributed by atoms with van der Waals surface area (Å²) >= 11 is 8.94. The van der Waals surface area contributed by atoms with Gasteiger partial charge in [-0.3, -0.25) is 0 Å². The SMILES string of the molecule is FC(F)Oc1ccc(Cl)c(CBr)c1. The minimum absolute atomic E-state index is 0.119. The van der Waals surface area contributed by atoms with Crippen molar-refractivity contribution in [3.63, 3.8) is 0 Å². The smallest absolute Gasteiger partial charge is 0.387 e. The molecule has 0 aliphatic rings. The zero-order valence-electron chi connectivity index (χ0n) is 6.44. The number of benzene rings is 1. The molecule has 0 spiro atoms. The Morgan fingerprint density at radius 3 is 2.69 bits per heavy atom. The molecule has 0 fully saturated rings. The zero-order chi connectivity index (χ0) is 9.84. The van der Waals surface area contributed by atoms with Gasteiger partial charge in [0.1, 0.15) is 5.75 Å². The number of alkyl halides is 3. The first-order valence-corrected chi connectivity index (χ1v) is 4.92. The van der Waals surface area contributed by atoms with Crippen LogP contribution in [0, 0.1) is 0 Å². The predicted molar refractivity (Wildman–Crippen MR) is 50.7 cm³/mol. The summed E-state index contributed by atoms with van der Waals surface area (Å²) in [6.45, 7) is -2.80. The van der Waals surface area contributed by atoms with E-state index in [2.05, 4.69) is 20.7 Å². The van der Waals surface area contributed by atoms with Gasteiger partial charge in [-0.05, 0) is 23.8 Å². The third-order valence-corrected chi connectivity index (χ3v) is 2.36. The highest BCUT2D eigenvalue weighted by atomic mass is 79.9. The normalized spacial score (nSPS) is 10.5. The molecule has 1 rings (SSSR count). The van der Waals surface area contributed by atoms with Crippen molar-refractivity contribution >= 4 is 27.5 Å². The Bertz CT molecular complexity index is 293. The zero-order valence-corrected chi connectivity index (χ0v) is 8.78. The van der Waals surface area contributed by atoms with Crippen molar-refractivity contribution in [2.45, 2.75) is 11.9 Å². The molecular formula is C8H6BrClF2O. The van der Waals surface area contributed by atoms with Crippen molar-refractivity contribution in [2.75, 3.05) is 0 Å². The van der Waals surface area contributed by atoms with Crippen LogP contribution in [0.4, 0.5) is 8.78 Å². The van der Waals surface area contributed by atoms with E-state index in [1.807, 2.05) is 0 Å². The second-order valence-electron chi connectivity index (χ2n) is 2.27. The van der Waals surface area contributed by atoms with Crippen LogP contribution in [-0.2, 0) is 5.33 Å². The number of rotatable bonds is 3. The van der Waals surface area contributed by atoms with Crippen LogP contribution in [0.25, 0.3) is 0 Å². The molecule has 5 heteroatoms. The van der Waals surface area contributed by atoms with E-state index in [1.54, 1.807) is 0 Å². The van der Waals surface area contributed by atoms with E-state index in [0.29, 0.717) is 10.4 Å². The molecule has 0 radical (unpaired) electrons. The van der Waals surface area contributed by atoms with Crippen molar-refractivity contribution in [1.29, 1.82) is 0 Å². The number of hydrogen-bond donors (Lipinski definition) is 0. The highest BCUT2D eigenvalue weighted by molar-refractivity contribution is 9.08. The quantitative estimate of drug-likeness (QED) is 0.759. The van der Waals surface area contributed by atoms with E-state index in [4.69, 9.17) is 11.6 Å². The van der Waals surface area contributed by atoms with Gasteiger partial charge in [0.15, 0.2) is 0 Å². The second-order valence-corrected chi connectivity index (χ2v) is 3.23. The minimum Gasteiger partial charge on any atom is -0.435 e. The summed E-state index contributed by atoms with van der Waals surface area (Å²) in [4.78, 5) is 0. The first-order valence-electron chi connectivity index (χ1n) is 3.42. The average molecular weight is 271 g/mol. The van der Waals surface area contributed by atoms with E-state index in [0.717, 1.165) is 5.56 Å². The van der Waals surface area contributed by atoms with Gasteiger partial charge in [-0.25, -0.2) is 0 Å². The molecule has 0 unspecified atom stereocenters. The van der Waals surface area contributed by atoms with Crippen LogP contribution in [0.3, 0.4) is 0 Å². The summed E-state index contributed by atoms with van der Waals surface area (Å²) in [5.74, 6) is 0.119. The maximum Gasteiger partial charge on any atom is 0.387 e. The molecule has 1 nitrogen and oxygen atoms in total. The third kappa shape index (κ3) is 3.12. The predicted octanol–water partition coefficient (Wildman–Crippen LogP) is 3.84. The molecule has 0 heterocycles. The van der Waals surface area contributed by atoms with Gasteiger partial charge in [-0.1, -0.05) is 27.5 Å². The highest BCUT2D eigenvalue weighted by Gasteiger charge is 2.06. The molecule has 0 amide bonds. The van der Waals surface area contributed by atoms with Gasteiger partial charge in [0.25, 0.3) is 0 Å².